The summed E-state index contributed by atoms with van der Waals surface area (Å²) in [7, 11) is 5.50. The van der Waals surface area contributed by atoms with Gasteiger partial charge < -0.3 is 64.4 Å². The quantitative estimate of drug-likeness (QED) is 0.132. The Labute approximate surface area is 338 Å². The number of aliphatic hydroxyl groups excluding tert-OH is 2. The van der Waals surface area contributed by atoms with E-state index in [1.165, 1.54) is 6.92 Å². The van der Waals surface area contributed by atoms with Crippen LogP contribution in [0, 0.1) is 23.2 Å². The minimum atomic E-state index is -1.79. The van der Waals surface area contributed by atoms with Crippen molar-refractivity contribution in [3.8, 4) is 0 Å². The van der Waals surface area contributed by atoms with E-state index in [2.05, 4.69) is 31.4 Å². The van der Waals surface area contributed by atoms with Crippen molar-refractivity contribution in [1.82, 2.24) is 15.5 Å². The smallest absolute Gasteiger partial charge is 0.311 e. The predicted octanol–water partition coefficient (Wildman–Crippen LogP) is 3.20. The number of nitrogens with one attached hydrogen (secondary N) is 2. The van der Waals surface area contributed by atoms with Crippen LogP contribution in [0.2, 0.25) is 0 Å². The van der Waals surface area contributed by atoms with Gasteiger partial charge in [-0.15, -0.1) is 0 Å². The molecule has 0 aromatic heterocycles. The number of aliphatic hydroxyl groups is 4. The average Bonchev–Trinajstić information content (AvgIpc) is 3.12. The second-order valence-electron chi connectivity index (χ2n) is 18.7. The van der Waals surface area contributed by atoms with Crippen LogP contribution >= 0.6 is 0 Å². The zero-order valence-electron chi connectivity index (χ0n) is 37.3. The van der Waals surface area contributed by atoms with Gasteiger partial charge in [0, 0.05) is 43.5 Å². The van der Waals surface area contributed by atoms with Crippen LogP contribution in [-0.2, 0) is 33.2 Å². The molecule has 0 spiro atoms. The Morgan fingerprint density at radius 3 is 2.18 bits per heavy atom. The molecule has 1 unspecified atom stereocenters. The summed E-state index contributed by atoms with van der Waals surface area (Å²) in [5.74, 6) is -2.46. The lowest BCUT2D eigenvalue weighted by Gasteiger charge is -2.55. The molecular formula is C42H81N3O11. The topological polar surface area (TPSA) is 181 Å². The van der Waals surface area contributed by atoms with Crippen molar-refractivity contribution in [2.45, 2.75) is 199 Å². The van der Waals surface area contributed by atoms with Crippen molar-refractivity contribution in [3.63, 3.8) is 0 Å². The van der Waals surface area contributed by atoms with Crippen molar-refractivity contribution in [3.05, 3.63) is 0 Å². The fourth-order valence-corrected chi connectivity index (χ4v) is 9.43. The Kier molecular flexibility index (Phi) is 17.7. The molecule has 3 rings (SSSR count). The number of carbonyl (C=O) groups excluding carboxylic acids is 1. The summed E-state index contributed by atoms with van der Waals surface area (Å²) >= 11 is 0. The molecule has 3 fully saturated rings. The van der Waals surface area contributed by atoms with Gasteiger partial charge in [-0.05, 0) is 107 Å². The lowest BCUT2D eigenvalue weighted by Crippen LogP contribution is -2.64. The highest BCUT2D eigenvalue weighted by Crippen LogP contribution is 2.47. The number of cyclic esters (lactones) is 1. The van der Waals surface area contributed by atoms with E-state index < -0.39 is 89.2 Å². The molecule has 14 nitrogen and oxygen atoms in total. The van der Waals surface area contributed by atoms with E-state index in [1.807, 2.05) is 46.7 Å². The van der Waals surface area contributed by atoms with Gasteiger partial charge in [0.25, 0.3) is 0 Å². The maximum absolute atomic E-state index is 14.4. The largest absolute Gasteiger partial charge is 0.459 e. The van der Waals surface area contributed by atoms with E-state index in [1.54, 1.807) is 34.8 Å². The minimum absolute atomic E-state index is 0.140. The highest BCUT2D eigenvalue weighted by molar-refractivity contribution is 5.73. The normalized spacial score (nSPS) is 47.9. The number of ether oxygens (including phenoxy) is 6. The lowest BCUT2D eigenvalue weighted by molar-refractivity contribution is -0.323. The third-order valence-corrected chi connectivity index (χ3v) is 13.6. The first-order valence-corrected chi connectivity index (χ1v) is 21.2. The molecule has 0 amide bonds. The monoisotopic (exact) mass is 804 g/mol. The highest BCUT2D eigenvalue weighted by atomic mass is 16.7. The van der Waals surface area contributed by atoms with E-state index in [0.29, 0.717) is 25.9 Å². The van der Waals surface area contributed by atoms with Crippen molar-refractivity contribution in [1.29, 1.82) is 0 Å². The second kappa shape index (κ2) is 20.0. The van der Waals surface area contributed by atoms with Crippen molar-refractivity contribution >= 4 is 5.97 Å². The first kappa shape index (κ1) is 49.4. The van der Waals surface area contributed by atoms with Crippen LogP contribution in [-0.4, -0.2) is 156 Å². The van der Waals surface area contributed by atoms with Crippen molar-refractivity contribution in [2.24, 2.45) is 23.2 Å². The highest BCUT2D eigenvalue weighted by Gasteiger charge is 2.56. The summed E-state index contributed by atoms with van der Waals surface area (Å²) in [5, 5.41) is 54.1. The fourth-order valence-electron chi connectivity index (χ4n) is 9.43. The third-order valence-electron chi connectivity index (χ3n) is 13.6. The molecular weight excluding hydrogens is 722 g/mol. The second-order valence-corrected chi connectivity index (χ2v) is 18.7. The van der Waals surface area contributed by atoms with Gasteiger partial charge in [0.15, 0.2) is 12.6 Å². The number of esters is 1. The molecule has 0 bridgehead atoms. The van der Waals surface area contributed by atoms with E-state index in [0.717, 1.165) is 13.0 Å². The molecule has 0 saturated carbocycles. The maximum atomic E-state index is 14.4. The van der Waals surface area contributed by atoms with Gasteiger partial charge in [-0.25, -0.2) is 0 Å². The summed E-state index contributed by atoms with van der Waals surface area (Å²) in [6.45, 7) is 24.5. The number of nitrogens with zero attached hydrogens (tertiary/aromatic N) is 1. The Hall–Kier alpha value is -1.01. The number of hydrogen-bond donors (Lipinski definition) is 6. The van der Waals surface area contributed by atoms with Crippen molar-refractivity contribution < 1.29 is 53.6 Å². The molecule has 0 radical (unpaired) electrons. The molecule has 3 aliphatic rings. The number of likely N-dealkylation sites (N-methyl/N-ethyl adjacent to an activating group) is 1. The molecule has 0 aromatic carbocycles. The molecule has 3 aliphatic heterocycles. The fraction of sp³-hybridized carbons (Fsp3) is 0.976. The Morgan fingerprint density at radius 2 is 1.61 bits per heavy atom. The van der Waals surface area contributed by atoms with Crippen LogP contribution in [0.25, 0.3) is 0 Å². The molecule has 56 heavy (non-hydrogen) atoms. The maximum Gasteiger partial charge on any atom is 0.311 e. The molecule has 3 saturated heterocycles. The Balaban J connectivity index is 2.16. The molecule has 6 N–H and O–H groups in total. The lowest BCUT2D eigenvalue weighted by atomic mass is 9.67. The van der Waals surface area contributed by atoms with E-state index in [-0.39, 0.29) is 37.0 Å². The SMILES string of the molecule is CCCNC[C@]1(C)[C@H](C)O[C@@H](OC2[C@@H](C)C(=O)O[C@@H](CC)[C@@](C)(O)[C@H](O)[C@H](C)NC[C@H](C)C[C@](C)(O)[C@H](O[C@@H]3O[C@H](C)C[C@H](N(C)C)[C@H]3O)[C@H]2C)C[C@@]1(C)OC. The van der Waals surface area contributed by atoms with Crippen LogP contribution in [0.5, 0.6) is 0 Å². The number of rotatable bonds is 11. The number of carbonyl (C=O) groups is 1. The summed E-state index contributed by atoms with van der Waals surface area (Å²) in [4.78, 5) is 16.3. The van der Waals surface area contributed by atoms with Crippen LogP contribution in [0.4, 0.5) is 0 Å². The zero-order valence-corrected chi connectivity index (χ0v) is 37.3. The van der Waals surface area contributed by atoms with Crippen LogP contribution in [0.15, 0.2) is 0 Å². The van der Waals surface area contributed by atoms with E-state index in [9.17, 15) is 25.2 Å². The first-order chi connectivity index (χ1) is 25.9. The Bertz CT molecular complexity index is 1230. The van der Waals surface area contributed by atoms with Crippen LogP contribution < -0.4 is 10.6 Å². The third kappa shape index (κ3) is 11.0. The average molecular weight is 804 g/mol. The van der Waals surface area contributed by atoms with E-state index in [4.69, 9.17) is 28.4 Å². The molecule has 18 atom stereocenters. The molecule has 3 heterocycles. The van der Waals surface area contributed by atoms with Gasteiger partial charge >= 0.3 is 5.97 Å². The first-order valence-electron chi connectivity index (χ1n) is 21.2. The summed E-state index contributed by atoms with van der Waals surface area (Å²) in [6, 6.07) is -0.833. The number of methoxy groups -OCH3 is 1. The van der Waals surface area contributed by atoms with Crippen LogP contribution in [0.1, 0.15) is 115 Å². The molecule has 0 aliphatic carbocycles. The summed E-state index contributed by atoms with van der Waals surface area (Å²) < 4.78 is 39.0. The zero-order chi connectivity index (χ0) is 42.6. The molecule has 330 valence electrons. The molecule has 14 heteroatoms. The van der Waals surface area contributed by atoms with Gasteiger partial charge in [0.05, 0.1) is 41.5 Å². The minimum Gasteiger partial charge on any atom is -0.459 e. The summed E-state index contributed by atoms with van der Waals surface area (Å²) in [5.41, 5.74) is -4.44. The van der Waals surface area contributed by atoms with Crippen LogP contribution in [0.3, 0.4) is 0 Å². The number of hydrogen-bond acceptors (Lipinski definition) is 14. The van der Waals surface area contributed by atoms with Crippen molar-refractivity contribution in [2.75, 3.05) is 40.8 Å². The summed E-state index contributed by atoms with van der Waals surface area (Å²) in [6.07, 6.45) is -5.39. The van der Waals surface area contributed by atoms with Gasteiger partial charge in [-0.1, -0.05) is 34.6 Å². The predicted molar refractivity (Wildman–Crippen MR) is 215 cm³/mol. The van der Waals surface area contributed by atoms with Gasteiger partial charge in [0.1, 0.15) is 23.9 Å². The van der Waals surface area contributed by atoms with Gasteiger partial charge in [-0.2, -0.15) is 0 Å². The standard InChI is InChI=1S/C42H81N3O11/c1-16-18-43-23-39(9)29(8)53-32(21-41(39,11)51-15)55-34-26(5)36(56-38-33(46)30(45(13)14)19-25(4)52-38)40(10,49)20-24(3)22-44-28(7)35(47)42(12,50)31(17-2)54-37(48)27(34)6/h24-36,38,43-44,46-47,49-50H,16-23H2,1-15H3/t24-,25-,26+,27-,28+,29+,30+,31+,32+,33-,34?,35-,36-,38+,39-,40+,41-,42-/m1/s1. The van der Waals surface area contributed by atoms with Gasteiger partial charge in [-0.3, -0.25) is 4.79 Å². The van der Waals surface area contributed by atoms with E-state index >= 15 is 0 Å². The van der Waals surface area contributed by atoms with Gasteiger partial charge in [0.2, 0.25) is 0 Å². The Morgan fingerprint density at radius 1 is 0.964 bits per heavy atom. The molecule has 0 aromatic rings.